The molecule has 0 aliphatic rings. The summed E-state index contributed by atoms with van der Waals surface area (Å²) in [6.45, 7) is 1.85. The number of aromatic nitrogens is 2. The predicted molar refractivity (Wildman–Crippen MR) is 115 cm³/mol. The number of carbonyl (C=O) groups is 1. The van der Waals surface area contributed by atoms with E-state index < -0.39 is 6.09 Å². The number of thiophene rings is 2. The van der Waals surface area contributed by atoms with Gasteiger partial charge in [0.15, 0.2) is 0 Å². The van der Waals surface area contributed by atoms with Crippen LogP contribution in [0.5, 0.6) is 0 Å². The van der Waals surface area contributed by atoms with Gasteiger partial charge in [0, 0.05) is 21.3 Å². The summed E-state index contributed by atoms with van der Waals surface area (Å²) < 4.78 is 10.7. The minimum absolute atomic E-state index is 0.340. The van der Waals surface area contributed by atoms with Gasteiger partial charge in [0.1, 0.15) is 11.9 Å². The zero-order valence-electron chi connectivity index (χ0n) is 14.6. The number of rotatable bonds is 4. The molecular formula is C19H16BrN3O2S2. The van der Waals surface area contributed by atoms with Crippen LogP contribution in [0.25, 0.3) is 19.8 Å². The topological polar surface area (TPSA) is 56.1 Å². The summed E-state index contributed by atoms with van der Waals surface area (Å²) in [5.74, 6) is 0.619. The minimum Gasteiger partial charge on any atom is -0.441 e. The fourth-order valence-electron chi connectivity index (χ4n) is 2.78. The van der Waals surface area contributed by atoms with Gasteiger partial charge in [0.2, 0.25) is 0 Å². The number of hydrogen-bond donors (Lipinski definition) is 1. The first-order valence-electron chi connectivity index (χ1n) is 8.25. The first-order chi connectivity index (χ1) is 13.0. The van der Waals surface area contributed by atoms with Crippen LogP contribution in [0.1, 0.15) is 18.6 Å². The molecule has 5 nitrogen and oxygen atoms in total. The van der Waals surface area contributed by atoms with E-state index in [1.54, 1.807) is 40.6 Å². The number of ether oxygens (including phenoxy) is 1. The smallest absolute Gasteiger partial charge is 0.413 e. The molecule has 0 bridgehead atoms. The van der Waals surface area contributed by atoms with Gasteiger partial charge >= 0.3 is 6.09 Å². The Kier molecular flexibility index (Phi) is 5.03. The second kappa shape index (κ2) is 7.46. The van der Waals surface area contributed by atoms with E-state index in [2.05, 4.69) is 38.5 Å². The highest BCUT2D eigenvalue weighted by molar-refractivity contribution is 9.11. The van der Waals surface area contributed by atoms with E-state index in [1.165, 1.54) is 9.40 Å². The van der Waals surface area contributed by atoms with Crippen LogP contribution < -0.4 is 5.32 Å². The average Bonchev–Trinajstić information content (AvgIpc) is 3.29. The Balaban J connectivity index is 1.54. The maximum absolute atomic E-state index is 12.4. The summed E-state index contributed by atoms with van der Waals surface area (Å²) in [6.07, 6.45) is 0.922. The van der Waals surface area contributed by atoms with Crippen molar-refractivity contribution < 1.29 is 9.53 Å². The summed E-state index contributed by atoms with van der Waals surface area (Å²) in [4.78, 5) is 13.5. The van der Waals surface area contributed by atoms with Crippen molar-refractivity contribution in [3.05, 3.63) is 58.0 Å². The van der Waals surface area contributed by atoms with Crippen molar-refractivity contribution >= 4 is 59.9 Å². The molecule has 0 aliphatic heterocycles. The third-order valence-corrected chi connectivity index (χ3v) is 6.98. The predicted octanol–water partition coefficient (Wildman–Crippen LogP) is 6.44. The number of anilines is 1. The van der Waals surface area contributed by atoms with Gasteiger partial charge in [0.25, 0.3) is 0 Å². The zero-order chi connectivity index (χ0) is 19.0. The maximum Gasteiger partial charge on any atom is 0.413 e. The van der Waals surface area contributed by atoms with E-state index >= 15 is 0 Å². The number of amides is 1. The Morgan fingerprint density at radius 3 is 2.70 bits per heavy atom. The highest BCUT2D eigenvalue weighted by Crippen LogP contribution is 2.41. The molecule has 3 heterocycles. The highest BCUT2D eigenvalue weighted by atomic mass is 79.9. The molecule has 27 heavy (non-hydrogen) atoms. The Labute approximate surface area is 172 Å². The van der Waals surface area contributed by atoms with Crippen LogP contribution in [0.4, 0.5) is 10.6 Å². The molecule has 1 atom stereocenters. The molecule has 8 heteroatoms. The van der Waals surface area contributed by atoms with Crippen LogP contribution in [0, 0.1) is 0 Å². The van der Waals surface area contributed by atoms with E-state index in [9.17, 15) is 4.79 Å². The quantitative estimate of drug-likeness (QED) is 0.380. The van der Waals surface area contributed by atoms with Gasteiger partial charge in [-0.05, 0) is 40.5 Å². The standard InChI is InChI=1S/C19H16BrN3O2S2/c1-11(12-6-4-3-5-7-12)25-19(24)22-18-13(10-21-23(18)2)14-8-15-16(26-14)9-17(20)27-15/h3-11H,1-2H3,(H,22,24)/t11-/m1/s1. The van der Waals surface area contributed by atoms with Crippen LogP contribution in [-0.2, 0) is 11.8 Å². The van der Waals surface area contributed by atoms with Gasteiger partial charge in [-0.2, -0.15) is 5.10 Å². The molecule has 0 radical (unpaired) electrons. The van der Waals surface area contributed by atoms with E-state index in [1.807, 2.05) is 37.3 Å². The zero-order valence-corrected chi connectivity index (χ0v) is 17.8. The van der Waals surface area contributed by atoms with Crippen LogP contribution in [0.15, 0.2) is 52.4 Å². The molecule has 0 aliphatic carbocycles. The van der Waals surface area contributed by atoms with Gasteiger partial charge in [-0.15, -0.1) is 22.7 Å². The molecule has 0 saturated carbocycles. The summed E-state index contributed by atoms with van der Waals surface area (Å²) in [5, 5.41) is 7.15. The van der Waals surface area contributed by atoms with Gasteiger partial charge in [0.05, 0.1) is 15.5 Å². The summed E-state index contributed by atoms with van der Waals surface area (Å²) >= 11 is 6.87. The second-order valence-electron chi connectivity index (χ2n) is 6.00. The van der Waals surface area contributed by atoms with Crippen LogP contribution >= 0.6 is 38.6 Å². The van der Waals surface area contributed by atoms with Gasteiger partial charge in [-0.1, -0.05) is 30.3 Å². The minimum atomic E-state index is -0.502. The third kappa shape index (κ3) is 3.78. The average molecular weight is 462 g/mol. The van der Waals surface area contributed by atoms with Crippen molar-refractivity contribution in [1.29, 1.82) is 0 Å². The Bertz CT molecular complexity index is 1070. The molecule has 1 amide bonds. The molecule has 4 rings (SSSR count). The summed E-state index contributed by atoms with van der Waals surface area (Å²) in [5.41, 5.74) is 1.83. The molecule has 0 fully saturated rings. The summed E-state index contributed by atoms with van der Waals surface area (Å²) in [7, 11) is 1.80. The van der Waals surface area contributed by atoms with E-state index in [0.717, 1.165) is 19.8 Å². The van der Waals surface area contributed by atoms with Crippen molar-refractivity contribution in [3.63, 3.8) is 0 Å². The first-order valence-corrected chi connectivity index (χ1v) is 10.7. The number of halogens is 1. The van der Waals surface area contributed by atoms with Crippen molar-refractivity contribution in [2.45, 2.75) is 13.0 Å². The maximum atomic E-state index is 12.4. The van der Waals surface area contributed by atoms with Crippen LogP contribution in [0.2, 0.25) is 0 Å². The van der Waals surface area contributed by atoms with Gasteiger partial charge < -0.3 is 4.74 Å². The monoisotopic (exact) mass is 461 g/mol. The number of carbonyl (C=O) groups excluding carboxylic acids is 1. The molecule has 0 unspecified atom stereocenters. The fraction of sp³-hybridized carbons (Fsp3) is 0.158. The first kappa shape index (κ1) is 18.2. The lowest BCUT2D eigenvalue weighted by atomic mass is 10.1. The summed E-state index contributed by atoms with van der Waals surface area (Å²) in [6, 6.07) is 13.9. The van der Waals surface area contributed by atoms with Gasteiger partial charge in [-0.3, -0.25) is 10.00 Å². The number of fused-ring (bicyclic) bond motifs is 1. The van der Waals surface area contributed by atoms with Crippen LogP contribution in [0.3, 0.4) is 0 Å². The van der Waals surface area contributed by atoms with E-state index in [-0.39, 0.29) is 6.10 Å². The lowest BCUT2D eigenvalue weighted by molar-refractivity contribution is 0.121. The molecule has 4 aromatic rings. The number of hydrogen-bond acceptors (Lipinski definition) is 5. The second-order valence-corrected chi connectivity index (χ2v) is 9.55. The highest BCUT2D eigenvalue weighted by Gasteiger charge is 2.19. The third-order valence-electron chi connectivity index (χ3n) is 4.15. The Hall–Kier alpha value is -2.16. The van der Waals surface area contributed by atoms with Crippen molar-refractivity contribution in [2.24, 2.45) is 7.05 Å². The molecular weight excluding hydrogens is 446 g/mol. The van der Waals surface area contributed by atoms with Crippen molar-refractivity contribution in [2.75, 3.05) is 5.32 Å². The number of aryl methyl sites for hydroxylation is 1. The molecule has 0 saturated heterocycles. The van der Waals surface area contributed by atoms with E-state index in [0.29, 0.717) is 5.82 Å². The fourth-order valence-corrected chi connectivity index (χ4v) is 5.82. The SMILES string of the molecule is C[C@@H](OC(=O)Nc1c(-c2cc3sc(Br)cc3s2)cnn1C)c1ccccc1. The molecule has 1 N–H and O–H groups in total. The molecule has 138 valence electrons. The van der Waals surface area contributed by atoms with Crippen molar-refractivity contribution in [1.82, 2.24) is 9.78 Å². The number of nitrogens with zero attached hydrogens (tertiary/aromatic N) is 2. The van der Waals surface area contributed by atoms with E-state index in [4.69, 9.17) is 4.74 Å². The number of nitrogens with one attached hydrogen (secondary N) is 1. The molecule has 3 aromatic heterocycles. The molecule has 1 aromatic carbocycles. The normalized spacial score (nSPS) is 12.3. The lowest BCUT2D eigenvalue weighted by Crippen LogP contribution is -2.18. The Morgan fingerprint density at radius 1 is 1.22 bits per heavy atom. The largest absolute Gasteiger partial charge is 0.441 e. The molecule has 0 spiro atoms. The van der Waals surface area contributed by atoms with Crippen LogP contribution in [-0.4, -0.2) is 15.9 Å². The van der Waals surface area contributed by atoms with Crippen molar-refractivity contribution in [3.8, 4) is 10.4 Å². The van der Waals surface area contributed by atoms with Gasteiger partial charge in [-0.25, -0.2) is 4.79 Å². The lowest BCUT2D eigenvalue weighted by Gasteiger charge is -2.14. The number of benzene rings is 1. The Morgan fingerprint density at radius 2 is 1.96 bits per heavy atom.